The minimum atomic E-state index is -0.882. The molecule has 102 valence electrons. The van der Waals surface area contributed by atoms with Crippen LogP contribution in [-0.4, -0.2) is 16.1 Å². The summed E-state index contributed by atoms with van der Waals surface area (Å²) in [5, 5.41) is 9.41. The molecule has 1 aromatic carbocycles. The minimum Gasteiger partial charge on any atom is -0.481 e. The number of carbonyl (C=O) groups is 1. The number of para-hydroxylation sites is 1. The number of nitrogens with zero attached hydrogens (tertiary/aromatic N) is 1. The van der Waals surface area contributed by atoms with Gasteiger partial charge in [0.2, 0.25) is 0 Å². The molecule has 1 heterocycles. The van der Waals surface area contributed by atoms with Crippen molar-refractivity contribution in [1.82, 2.24) is 4.98 Å². The third kappa shape index (κ3) is 2.52. The molecule has 19 heavy (non-hydrogen) atoms. The molecule has 0 saturated carbocycles. The summed E-state index contributed by atoms with van der Waals surface area (Å²) >= 11 is 3.40. The lowest BCUT2D eigenvalue weighted by Crippen LogP contribution is -2.35. The summed E-state index contributed by atoms with van der Waals surface area (Å²) in [5.41, 5.74) is 0.516. The third-order valence-corrected chi connectivity index (χ3v) is 4.32. The van der Waals surface area contributed by atoms with Crippen LogP contribution in [-0.2, 0) is 11.2 Å². The molecular weight excluding hydrogens is 310 g/mol. The van der Waals surface area contributed by atoms with Crippen LogP contribution in [0.15, 0.2) is 27.1 Å². The van der Waals surface area contributed by atoms with Crippen molar-refractivity contribution in [2.24, 2.45) is 11.3 Å². The van der Waals surface area contributed by atoms with Crippen molar-refractivity contribution in [3.05, 3.63) is 28.6 Å². The zero-order chi connectivity index (χ0) is 14.2. The Morgan fingerprint density at radius 3 is 2.74 bits per heavy atom. The van der Waals surface area contributed by atoms with Crippen LogP contribution in [0.1, 0.15) is 26.7 Å². The second-order valence-corrected chi connectivity index (χ2v) is 6.10. The number of fused-ring (bicyclic) bond motifs is 1. The molecule has 1 N–H and O–H groups in total. The molecule has 1 atom stereocenters. The number of aromatic nitrogens is 1. The van der Waals surface area contributed by atoms with Gasteiger partial charge in [0.25, 0.3) is 0 Å². The van der Waals surface area contributed by atoms with E-state index >= 15 is 0 Å². The molecule has 0 aliphatic heterocycles. The van der Waals surface area contributed by atoms with E-state index in [4.69, 9.17) is 4.42 Å². The van der Waals surface area contributed by atoms with Crippen molar-refractivity contribution in [2.45, 2.75) is 27.2 Å². The van der Waals surface area contributed by atoms with Crippen LogP contribution in [0.3, 0.4) is 0 Å². The maximum Gasteiger partial charge on any atom is 0.310 e. The zero-order valence-electron chi connectivity index (χ0n) is 11.1. The van der Waals surface area contributed by atoms with Gasteiger partial charge < -0.3 is 9.52 Å². The molecule has 4 nitrogen and oxygen atoms in total. The first kappa shape index (κ1) is 14.1. The smallest absolute Gasteiger partial charge is 0.310 e. The standard InChI is InChI=1S/C14H16BrNO3/c1-8(2)14(3,13(17)18)7-11-16-10-6-4-5-9(15)12(10)19-11/h4-6,8H,7H2,1-3H3,(H,17,18). The lowest BCUT2D eigenvalue weighted by Gasteiger charge is -2.27. The van der Waals surface area contributed by atoms with Gasteiger partial charge in [-0.3, -0.25) is 4.79 Å². The average Bonchev–Trinajstić information content (AvgIpc) is 2.72. The van der Waals surface area contributed by atoms with Crippen LogP contribution in [0.5, 0.6) is 0 Å². The first-order valence-electron chi connectivity index (χ1n) is 6.12. The van der Waals surface area contributed by atoms with E-state index in [9.17, 15) is 9.90 Å². The van der Waals surface area contributed by atoms with Crippen molar-refractivity contribution < 1.29 is 14.3 Å². The van der Waals surface area contributed by atoms with Crippen LogP contribution in [0, 0.1) is 11.3 Å². The van der Waals surface area contributed by atoms with E-state index in [1.165, 1.54) is 0 Å². The summed E-state index contributed by atoms with van der Waals surface area (Å²) in [4.78, 5) is 15.8. The molecular formula is C14H16BrNO3. The van der Waals surface area contributed by atoms with Gasteiger partial charge in [0, 0.05) is 6.42 Å². The van der Waals surface area contributed by atoms with Gasteiger partial charge in [-0.05, 0) is 40.9 Å². The van der Waals surface area contributed by atoms with Gasteiger partial charge in [-0.1, -0.05) is 19.9 Å². The second-order valence-electron chi connectivity index (χ2n) is 5.25. The summed E-state index contributed by atoms with van der Waals surface area (Å²) < 4.78 is 6.50. The largest absolute Gasteiger partial charge is 0.481 e. The normalized spacial score (nSPS) is 14.8. The molecule has 2 rings (SSSR count). The van der Waals surface area contributed by atoms with E-state index < -0.39 is 11.4 Å². The number of hydrogen-bond acceptors (Lipinski definition) is 3. The van der Waals surface area contributed by atoms with E-state index in [2.05, 4.69) is 20.9 Å². The second kappa shape index (κ2) is 4.96. The van der Waals surface area contributed by atoms with Crippen molar-refractivity contribution in [2.75, 3.05) is 0 Å². The molecule has 0 spiro atoms. The highest BCUT2D eigenvalue weighted by Crippen LogP contribution is 2.33. The first-order chi connectivity index (χ1) is 8.84. The van der Waals surface area contributed by atoms with Crippen molar-refractivity contribution in [1.29, 1.82) is 0 Å². The number of oxazole rings is 1. The molecule has 0 aliphatic rings. The van der Waals surface area contributed by atoms with E-state index in [0.717, 1.165) is 9.99 Å². The number of aliphatic carboxylic acids is 1. The van der Waals surface area contributed by atoms with Gasteiger partial charge in [-0.2, -0.15) is 0 Å². The Hall–Kier alpha value is -1.36. The third-order valence-electron chi connectivity index (χ3n) is 3.69. The maximum absolute atomic E-state index is 11.5. The minimum absolute atomic E-state index is 0.0107. The molecule has 0 saturated heterocycles. The fourth-order valence-electron chi connectivity index (χ4n) is 1.88. The Labute approximate surface area is 120 Å². The van der Waals surface area contributed by atoms with Crippen molar-refractivity contribution in [3.8, 4) is 0 Å². The predicted octanol–water partition coefficient (Wildman–Crippen LogP) is 3.88. The van der Waals surface area contributed by atoms with Crippen molar-refractivity contribution >= 4 is 33.0 Å². The summed E-state index contributed by atoms with van der Waals surface area (Å²) in [7, 11) is 0. The summed E-state index contributed by atoms with van der Waals surface area (Å²) in [6, 6.07) is 5.59. The Balaban J connectivity index is 2.40. The van der Waals surface area contributed by atoms with E-state index in [1.54, 1.807) is 6.92 Å². The molecule has 0 fully saturated rings. The molecule has 0 bridgehead atoms. The Bertz CT molecular complexity index is 620. The van der Waals surface area contributed by atoms with Crippen LogP contribution >= 0.6 is 15.9 Å². The fraction of sp³-hybridized carbons (Fsp3) is 0.429. The molecule has 1 aromatic heterocycles. The van der Waals surface area contributed by atoms with E-state index in [0.29, 0.717) is 11.5 Å². The zero-order valence-corrected chi connectivity index (χ0v) is 12.7. The van der Waals surface area contributed by atoms with E-state index in [-0.39, 0.29) is 12.3 Å². The fourth-order valence-corrected chi connectivity index (χ4v) is 2.31. The number of benzene rings is 1. The van der Waals surface area contributed by atoms with Gasteiger partial charge in [0.15, 0.2) is 11.5 Å². The highest BCUT2D eigenvalue weighted by Gasteiger charge is 2.38. The molecule has 0 radical (unpaired) electrons. The van der Waals surface area contributed by atoms with Crippen LogP contribution in [0.25, 0.3) is 11.1 Å². The van der Waals surface area contributed by atoms with Gasteiger partial charge in [0.1, 0.15) is 5.52 Å². The van der Waals surface area contributed by atoms with Gasteiger partial charge in [-0.15, -0.1) is 0 Å². The van der Waals surface area contributed by atoms with Crippen LogP contribution < -0.4 is 0 Å². The Morgan fingerprint density at radius 2 is 2.21 bits per heavy atom. The molecule has 0 amide bonds. The summed E-state index contributed by atoms with van der Waals surface area (Å²) in [6.07, 6.45) is 0.279. The Morgan fingerprint density at radius 1 is 1.53 bits per heavy atom. The van der Waals surface area contributed by atoms with Gasteiger partial charge in [0.05, 0.1) is 9.89 Å². The van der Waals surface area contributed by atoms with Crippen LogP contribution in [0.2, 0.25) is 0 Å². The average molecular weight is 326 g/mol. The number of hydrogen-bond donors (Lipinski definition) is 1. The molecule has 1 unspecified atom stereocenters. The summed E-state index contributed by atoms with van der Waals surface area (Å²) in [6.45, 7) is 5.52. The maximum atomic E-state index is 11.5. The predicted molar refractivity (Wildman–Crippen MR) is 76.0 cm³/mol. The number of halogens is 1. The summed E-state index contributed by atoms with van der Waals surface area (Å²) in [5.74, 6) is -0.382. The highest BCUT2D eigenvalue weighted by atomic mass is 79.9. The van der Waals surface area contributed by atoms with Crippen molar-refractivity contribution in [3.63, 3.8) is 0 Å². The molecule has 2 aromatic rings. The van der Waals surface area contributed by atoms with E-state index in [1.807, 2.05) is 32.0 Å². The molecule has 5 heteroatoms. The van der Waals surface area contributed by atoms with Gasteiger partial charge >= 0.3 is 5.97 Å². The topological polar surface area (TPSA) is 63.3 Å². The monoisotopic (exact) mass is 325 g/mol. The number of carboxylic acids is 1. The molecule has 0 aliphatic carbocycles. The SMILES string of the molecule is CC(C)C(C)(Cc1nc2cccc(Br)c2o1)C(=O)O. The lowest BCUT2D eigenvalue weighted by atomic mass is 9.76. The van der Waals surface area contributed by atoms with Gasteiger partial charge in [-0.25, -0.2) is 4.98 Å². The number of carboxylic acid groups (broad SMARTS) is 1. The Kier molecular flexibility index (Phi) is 3.67. The van der Waals surface area contributed by atoms with Crippen LogP contribution in [0.4, 0.5) is 0 Å². The quantitative estimate of drug-likeness (QED) is 0.926. The number of rotatable bonds is 4. The first-order valence-corrected chi connectivity index (χ1v) is 6.91. The lowest BCUT2D eigenvalue weighted by molar-refractivity contribution is -0.150. The highest BCUT2D eigenvalue weighted by molar-refractivity contribution is 9.10.